The van der Waals surface area contributed by atoms with Gasteiger partial charge in [-0.25, -0.2) is 19.3 Å². The lowest BCUT2D eigenvalue weighted by molar-refractivity contribution is 0.266. The minimum atomic E-state index is -0.262. The van der Waals surface area contributed by atoms with Crippen molar-refractivity contribution in [1.29, 1.82) is 0 Å². The normalized spacial score (nSPS) is 20.1. The van der Waals surface area contributed by atoms with Crippen LogP contribution < -0.4 is 11.0 Å². The van der Waals surface area contributed by atoms with Crippen LogP contribution in [0.2, 0.25) is 0 Å². The molecule has 0 spiro atoms. The molecule has 0 bridgehead atoms. The molecule has 1 aliphatic rings. The third-order valence-electron chi connectivity index (χ3n) is 3.93. The van der Waals surface area contributed by atoms with E-state index in [-0.39, 0.29) is 5.69 Å². The van der Waals surface area contributed by atoms with Crippen molar-refractivity contribution in [2.24, 2.45) is 5.92 Å². The number of hydrogen-bond donors (Lipinski definition) is 2. The lowest BCUT2D eigenvalue weighted by Gasteiger charge is -2.20. The number of likely N-dealkylation sites (tertiary alicyclic amines) is 1. The Balaban J connectivity index is 1.61. The average molecular weight is 276 g/mol. The molecule has 2 aromatic rings. The summed E-state index contributed by atoms with van der Waals surface area (Å²) in [5.74, 6) is 1.41. The van der Waals surface area contributed by atoms with Gasteiger partial charge in [-0.1, -0.05) is 0 Å². The van der Waals surface area contributed by atoms with Gasteiger partial charge in [0.15, 0.2) is 5.65 Å². The van der Waals surface area contributed by atoms with E-state index in [1.807, 2.05) is 0 Å². The Hall–Kier alpha value is -1.89. The van der Waals surface area contributed by atoms with Crippen LogP contribution in [0, 0.1) is 5.92 Å². The first-order chi connectivity index (χ1) is 9.63. The third-order valence-corrected chi connectivity index (χ3v) is 3.93. The Morgan fingerprint density at radius 3 is 3.15 bits per heavy atom. The van der Waals surface area contributed by atoms with E-state index in [2.05, 4.69) is 39.2 Å². The molecule has 0 aliphatic carbocycles. The molecule has 3 heterocycles. The van der Waals surface area contributed by atoms with Gasteiger partial charge in [0.1, 0.15) is 12.1 Å². The highest BCUT2D eigenvalue weighted by molar-refractivity contribution is 5.48. The van der Waals surface area contributed by atoms with Crippen LogP contribution in [0.25, 0.3) is 5.65 Å². The van der Waals surface area contributed by atoms with E-state index in [0.29, 0.717) is 17.6 Å². The quantitative estimate of drug-likeness (QED) is 0.853. The van der Waals surface area contributed by atoms with Gasteiger partial charge in [0.05, 0.1) is 0 Å². The maximum atomic E-state index is 11.3. The van der Waals surface area contributed by atoms with E-state index in [4.69, 9.17) is 0 Å². The Morgan fingerprint density at radius 1 is 1.55 bits per heavy atom. The first kappa shape index (κ1) is 13.1. The van der Waals surface area contributed by atoms with Crippen molar-refractivity contribution in [2.75, 3.05) is 25.0 Å². The van der Waals surface area contributed by atoms with Crippen LogP contribution in [0.1, 0.15) is 20.3 Å². The maximum absolute atomic E-state index is 11.3. The lowest BCUT2D eigenvalue weighted by Crippen LogP contribution is -2.29. The average Bonchev–Trinajstić information content (AvgIpc) is 3.04. The summed E-state index contributed by atoms with van der Waals surface area (Å²) in [4.78, 5) is 18.1. The molecular weight excluding hydrogens is 256 g/mol. The first-order valence-corrected chi connectivity index (χ1v) is 7.04. The number of rotatable bonds is 4. The zero-order valence-corrected chi connectivity index (χ0v) is 11.8. The minimum Gasteiger partial charge on any atom is -0.370 e. The van der Waals surface area contributed by atoms with Crippen LogP contribution >= 0.6 is 0 Å². The van der Waals surface area contributed by atoms with Crippen molar-refractivity contribution in [1.82, 2.24) is 24.5 Å². The summed E-state index contributed by atoms with van der Waals surface area (Å²) >= 11 is 0. The zero-order valence-electron chi connectivity index (χ0n) is 11.8. The molecule has 1 saturated heterocycles. The number of nitrogens with one attached hydrogen (secondary N) is 2. The zero-order chi connectivity index (χ0) is 14.1. The number of H-pyrrole nitrogens is 1. The highest BCUT2D eigenvalue weighted by atomic mass is 16.1. The predicted molar refractivity (Wildman–Crippen MR) is 76.9 cm³/mol. The van der Waals surface area contributed by atoms with E-state index in [1.165, 1.54) is 23.7 Å². The summed E-state index contributed by atoms with van der Waals surface area (Å²) < 4.78 is 1.39. The van der Waals surface area contributed by atoms with Gasteiger partial charge in [0, 0.05) is 25.2 Å². The van der Waals surface area contributed by atoms with Crippen molar-refractivity contribution in [2.45, 2.75) is 26.3 Å². The van der Waals surface area contributed by atoms with Gasteiger partial charge in [-0.05, 0) is 32.7 Å². The third kappa shape index (κ3) is 2.53. The van der Waals surface area contributed by atoms with Gasteiger partial charge in [-0.3, -0.25) is 0 Å². The molecule has 7 nitrogen and oxygen atoms in total. The SMILES string of the molecule is CC(C)N1CCC(CNc2cc3n[nH]c(=O)n3cn2)C1. The topological polar surface area (TPSA) is 78.3 Å². The number of nitrogens with zero attached hydrogens (tertiary/aromatic N) is 4. The van der Waals surface area contributed by atoms with Crippen LogP contribution in [0.5, 0.6) is 0 Å². The molecule has 1 unspecified atom stereocenters. The minimum absolute atomic E-state index is 0.262. The van der Waals surface area contributed by atoms with Crippen molar-refractivity contribution < 1.29 is 0 Å². The number of fused-ring (bicyclic) bond motifs is 1. The van der Waals surface area contributed by atoms with Crippen LogP contribution in [0.15, 0.2) is 17.2 Å². The highest BCUT2D eigenvalue weighted by Gasteiger charge is 2.23. The summed E-state index contributed by atoms with van der Waals surface area (Å²) in [6.07, 6.45) is 2.72. The van der Waals surface area contributed by atoms with E-state index >= 15 is 0 Å². The fourth-order valence-corrected chi connectivity index (χ4v) is 2.65. The maximum Gasteiger partial charge on any atom is 0.348 e. The summed E-state index contributed by atoms with van der Waals surface area (Å²) in [6, 6.07) is 2.40. The van der Waals surface area contributed by atoms with E-state index in [1.54, 1.807) is 6.07 Å². The standard InChI is InChI=1S/C13H20N6O/c1-9(2)18-4-3-10(7-18)6-14-11-5-12-16-17-13(20)19(12)8-15-11/h5,8-10,14H,3-4,6-7H2,1-2H3,(H,17,20). The first-order valence-electron chi connectivity index (χ1n) is 7.04. The molecule has 0 aromatic carbocycles. The largest absolute Gasteiger partial charge is 0.370 e. The Kier molecular flexibility index (Phi) is 3.43. The van der Waals surface area contributed by atoms with Gasteiger partial charge < -0.3 is 10.2 Å². The molecule has 2 N–H and O–H groups in total. The lowest BCUT2D eigenvalue weighted by atomic mass is 10.1. The predicted octanol–water partition coefficient (Wildman–Crippen LogP) is 0.560. The highest BCUT2D eigenvalue weighted by Crippen LogP contribution is 2.18. The molecule has 1 atom stereocenters. The van der Waals surface area contributed by atoms with Gasteiger partial charge in [0.25, 0.3) is 0 Å². The number of aromatic nitrogens is 4. The molecule has 0 saturated carbocycles. The molecule has 1 fully saturated rings. The monoisotopic (exact) mass is 276 g/mol. The summed E-state index contributed by atoms with van der Waals surface area (Å²) in [6.45, 7) is 7.68. The second kappa shape index (κ2) is 5.24. The Bertz CT molecular complexity index is 646. The summed E-state index contributed by atoms with van der Waals surface area (Å²) in [5.41, 5.74) is 0.324. The number of hydrogen-bond acceptors (Lipinski definition) is 5. The fraction of sp³-hybridized carbons (Fsp3) is 0.615. The second-order valence-electron chi connectivity index (χ2n) is 5.66. The summed E-state index contributed by atoms with van der Waals surface area (Å²) in [7, 11) is 0. The smallest absolute Gasteiger partial charge is 0.348 e. The molecule has 0 amide bonds. The van der Waals surface area contributed by atoms with Crippen molar-refractivity contribution >= 4 is 11.5 Å². The molecule has 3 rings (SSSR count). The second-order valence-corrected chi connectivity index (χ2v) is 5.66. The fourth-order valence-electron chi connectivity index (χ4n) is 2.65. The molecule has 20 heavy (non-hydrogen) atoms. The van der Waals surface area contributed by atoms with Gasteiger partial charge in [-0.15, -0.1) is 0 Å². The van der Waals surface area contributed by atoms with E-state index < -0.39 is 0 Å². The van der Waals surface area contributed by atoms with Crippen LogP contribution in [-0.4, -0.2) is 50.2 Å². The van der Waals surface area contributed by atoms with Crippen molar-refractivity contribution in [3.63, 3.8) is 0 Å². The molecule has 1 aliphatic heterocycles. The van der Waals surface area contributed by atoms with E-state index in [9.17, 15) is 4.79 Å². The van der Waals surface area contributed by atoms with Crippen molar-refractivity contribution in [3.8, 4) is 0 Å². The molecule has 108 valence electrons. The molecule has 7 heteroatoms. The molecular formula is C13H20N6O. The van der Waals surface area contributed by atoms with Crippen molar-refractivity contribution in [3.05, 3.63) is 22.9 Å². The number of anilines is 1. The van der Waals surface area contributed by atoms with Gasteiger partial charge in [0.2, 0.25) is 0 Å². The van der Waals surface area contributed by atoms with Gasteiger partial charge >= 0.3 is 5.69 Å². The summed E-state index contributed by atoms with van der Waals surface area (Å²) in [5, 5.41) is 9.67. The molecule has 0 radical (unpaired) electrons. The Morgan fingerprint density at radius 2 is 2.40 bits per heavy atom. The number of aromatic amines is 1. The van der Waals surface area contributed by atoms with Gasteiger partial charge in [-0.2, -0.15) is 5.10 Å². The van der Waals surface area contributed by atoms with E-state index in [0.717, 1.165) is 18.9 Å². The van der Waals surface area contributed by atoms with Crippen LogP contribution in [0.4, 0.5) is 5.82 Å². The van der Waals surface area contributed by atoms with Crippen LogP contribution in [0.3, 0.4) is 0 Å². The molecule has 2 aromatic heterocycles. The van der Waals surface area contributed by atoms with Crippen LogP contribution in [-0.2, 0) is 0 Å². The Labute approximate surface area is 117 Å².